The van der Waals surface area contributed by atoms with E-state index in [9.17, 15) is 4.79 Å². The highest BCUT2D eigenvalue weighted by Crippen LogP contribution is 2.22. The number of fused-ring (bicyclic) bond motifs is 1. The third-order valence-electron chi connectivity index (χ3n) is 3.96. The Bertz CT molecular complexity index is 978. The number of carbonyl (C=O) groups excluding carboxylic acids is 1. The molecule has 0 bridgehead atoms. The summed E-state index contributed by atoms with van der Waals surface area (Å²) in [5.41, 5.74) is 9.03. The highest BCUT2D eigenvalue weighted by atomic mass is 16.7. The van der Waals surface area contributed by atoms with E-state index in [1.807, 2.05) is 44.2 Å². The summed E-state index contributed by atoms with van der Waals surface area (Å²) in [6, 6.07) is 14.7. The lowest BCUT2D eigenvalue weighted by Gasteiger charge is -2.08. The van der Waals surface area contributed by atoms with Gasteiger partial charge in [-0.05, 0) is 49.2 Å². The third-order valence-corrected chi connectivity index (χ3v) is 3.96. The largest absolute Gasteiger partial charge is 0.483 e. The first kappa shape index (κ1) is 17.4. The Hall–Kier alpha value is -3.41. The second kappa shape index (κ2) is 7.65. The van der Waals surface area contributed by atoms with E-state index in [-0.39, 0.29) is 12.4 Å². The highest BCUT2D eigenvalue weighted by molar-refractivity contribution is 5.91. The van der Waals surface area contributed by atoms with E-state index in [0.717, 1.165) is 22.0 Å². The molecule has 0 aliphatic carbocycles. The molecule has 0 radical (unpaired) electrons. The molecule has 0 saturated heterocycles. The number of carbonyl (C=O) groups is 1. The van der Waals surface area contributed by atoms with Gasteiger partial charge in [0.25, 0.3) is 0 Å². The number of rotatable bonds is 5. The summed E-state index contributed by atoms with van der Waals surface area (Å²) in [6.07, 6.45) is 1.69. The van der Waals surface area contributed by atoms with Crippen LogP contribution < -0.4 is 10.5 Å². The van der Waals surface area contributed by atoms with Crippen molar-refractivity contribution in [3.8, 4) is 5.75 Å². The summed E-state index contributed by atoms with van der Waals surface area (Å²) < 4.78 is 5.64. The standard InChI is InChI=1S/C20H19N3O3/c1-13-8-9-16(11-14(13)2)20(24)26-23-18(21)12-25-17-7-3-5-15-6-4-10-22-19(15)17/h3-11H,12H2,1-2H3,(H2,21,23). The first-order chi connectivity index (χ1) is 12.5. The minimum absolute atomic E-state index is 0.0180. The Labute approximate surface area is 151 Å². The van der Waals surface area contributed by atoms with Crippen molar-refractivity contribution < 1.29 is 14.4 Å². The molecule has 3 rings (SSSR count). The van der Waals surface area contributed by atoms with Gasteiger partial charge in [-0.15, -0.1) is 0 Å². The summed E-state index contributed by atoms with van der Waals surface area (Å²) in [7, 11) is 0. The Morgan fingerprint density at radius 3 is 2.73 bits per heavy atom. The quantitative estimate of drug-likeness (QED) is 0.330. The SMILES string of the molecule is Cc1ccc(C(=O)ON=C(N)COc2cccc3cccnc23)cc1C. The summed E-state index contributed by atoms with van der Waals surface area (Å²) in [5.74, 6) is 0.0692. The summed E-state index contributed by atoms with van der Waals surface area (Å²) in [6.45, 7) is 3.88. The predicted octanol–water partition coefficient (Wildman–Crippen LogP) is 3.36. The van der Waals surface area contributed by atoms with Gasteiger partial charge in [-0.2, -0.15) is 0 Å². The van der Waals surface area contributed by atoms with Crippen molar-refractivity contribution in [2.45, 2.75) is 13.8 Å². The molecule has 6 heteroatoms. The molecule has 0 atom stereocenters. The van der Waals surface area contributed by atoms with Gasteiger partial charge in [0.15, 0.2) is 5.84 Å². The number of hydrogen-bond donors (Lipinski definition) is 1. The molecule has 0 saturated carbocycles. The van der Waals surface area contributed by atoms with Gasteiger partial charge in [0.05, 0.1) is 5.56 Å². The molecule has 0 unspecified atom stereocenters. The zero-order chi connectivity index (χ0) is 18.5. The number of nitrogens with two attached hydrogens (primary N) is 1. The summed E-state index contributed by atoms with van der Waals surface area (Å²) in [4.78, 5) is 21.2. The zero-order valence-corrected chi connectivity index (χ0v) is 14.6. The van der Waals surface area contributed by atoms with Crippen molar-refractivity contribution in [3.63, 3.8) is 0 Å². The normalized spacial score (nSPS) is 11.4. The van der Waals surface area contributed by atoms with Crippen LogP contribution in [0.5, 0.6) is 5.75 Å². The van der Waals surface area contributed by atoms with Gasteiger partial charge in [-0.25, -0.2) is 4.79 Å². The number of para-hydroxylation sites is 1. The molecule has 0 aliphatic heterocycles. The van der Waals surface area contributed by atoms with Gasteiger partial charge in [0, 0.05) is 11.6 Å². The number of benzene rings is 2. The molecule has 0 spiro atoms. The number of oxime groups is 1. The molecule has 0 fully saturated rings. The van der Waals surface area contributed by atoms with E-state index in [4.69, 9.17) is 15.3 Å². The van der Waals surface area contributed by atoms with Crippen molar-refractivity contribution >= 4 is 22.7 Å². The zero-order valence-electron chi connectivity index (χ0n) is 14.6. The van der Waals surface area contributed by atoms with Crippen molar-refractivity contribution in [2.75, 3.05) is 6.61 Å². The van der Waals surface area contributed by atoms with E-state index in [0.29, 0.717) is 11.3 Å². The van der Waals surface area contributed by atoms with E-state index in [1.165, 1.54) is 0 Å². The van der Waals surface area contributed by atoms with Gasteiger partial charge < -0.3 is 15.3 Å². The topological polar surface area (TPSA) is 86.8 Å². The molecule has 132 valence electrons. The number of amidine groups is 1. The summed E-state index contributed by atoms with van der Waals surface area (Å²) >= 11 is 0. The van der Waals surface area contributed by atoms with Crippen LogP contribution in [-0.2, 0) is 4.84 Å². The van der Waals surface area contributed by atoms with E-state index >= 15 is 0 Å². The van der Waals surface area contributed by atoms with Crippen molar-refractivity contribution in [2.24, 2.45) is 10.9 Å². The maximum Gasteiger partial charge on any atom is 0.365 e. The number of ether oxygens (including phenoxy) is 1. The number of aryl methyl sites for hydroxylation is 2. The first-order valence-electron chi connectivity index (χ1n) is 8.12. The second-order valence-electron chi connectivity index (χ2n) is 5.88. The monoisotopic (exact) mass is 349 g/mol. The molecule has 2 N–H and O–H groups in total. The fraction of sp³-hybridized carbons (Fsp3) is 0.150. The van der Waals surface area contributed by atoms with Gasteiger partial charge in [0.1, 0.15) is 17.9 Å². The molecule has 1 aromatic heterocycles. The molecule has 26 heavy (non-hydrogen) atoms. The maximum absolute atomic E-state index is 12.0. The Kier molecular flexibility index (Phi) is 5.12. The number of aromatic nitrogens is 1. The fourth-order valence-corrected chi connectivity index (χ4v) is 2.39. The van der Waals surface area contributed by atoms with Crippen molar-refractivity contribution in [3.05, 3.63) is 71.4 Å². The van der Waals surface area contributed by atoms with Gasteiger partial charge >= 0.3 is 5.97 Å². The average molecular weight is 349 g/mol. The Morgan fingerprint density at radius 1 is 1.12 bits per heavy atom. The summed E-state index contributed by atoms with van der Waals surface area (Å²) in [5, 5.41) is 4.61. The first-order valence-corrected chi connectivity index (χ1v) is 8.12. The van der Waals surface area contributed by atoms with Crippen LogP contribution in [0.4, 0.5) is 0 Å². The van der Waals surface area contributed by atoms with Crippen LogP contribution in [0.25, 0.3) is 10.9 Å². The van der Waals surface area contributed by atoms with Gasteiger partial charge in [0.2, 0.25) is 0 Å². The lowest BCUT2D eigenvalue weighted by Crippen LogP contribution is -2.22. The van der Waals surface area contributed by atoms with Crippen LogP contribution in [0.3, 0.4) is 0 Å². The predicted molar refractivity (Wildman–Crippen MR) is 100 cm³/mol. The maximum atomic E-state index is 12.0. The molecule has 3 aromatic rings. The van der Waals surface area contributed by atoms with Crippen molar-refractivity contribution in [1.82, 2.24) is 4.98 Å². The smallest absolute Gasteiger partial charge is 0.365 e. The van der Waals surface area contributed by atoms with Crippen LogP contribution in [0.15, 0.2) is 59.9 Å². The molecular formula is C20H19N3O3. The van der Waals surface area contributed by atoms with Crippen LogP contribution in [0.2, 0.25) is 0 Å². The van der Waals surface area contributed by atoms with Crippen molar-refractivity contribution in [1.29, 1.82) is 0 Å². The van der Waals surface area contributed by atoms with Gasteiger partial charge in [-0.3, -0.25) is 4.98 Å². The highest BCUT2D eigenvalue weighted by Gasteiger charge is 2.09. The second-order valence-corrected chi connectivity index (χ2v) is 5.88. The number of pyridine rings is 1. The fourth-order valence-electron chi connectivity index (χ4n) is 2.39. The Morgan fingerprint density at radius 2 is 1.92 bits per heavy atom. The minimum atomic E-state index is -0.567. The molecule has 2 aromatic carbocycles. The average Bonchev–Trinajstić information content (AvgIpc) is 2.66. The minimum Gasteiger partial charge on any atom is -0.483 e. The molecular weight excluding hydrogens is 330 g/mol. The Balaban J connectivity index is 1.63. The molecule has 0 aliphatic rings. The van der Waals surface area contributed by atoms with Crippen LogP contribution in [0.1, 0.15) is 21.5 Å². The van der Waals surface area contributed by atoms with Gasteiger partial charge in [-0.1, -0.05) is 29.4 Å². The molecule has 1 heterocycles. The molecule has 6 nitrogen and oxygen atoms in total. The van der Waals surface area contributed by atoms with E-state index in [1.54, 1.807) is 24.4 Å². The van der Waals surface area contributed by atoms with E-state index < -0.39 is 5.97 Å². The third kappa shape index (κ3) is 3.97. The van der Waals surface area contributed by atoms with E-state index in [2.05, 4.69) is 10.1 Å². The number of hydrogen-bond acceptors (Lipinski definition) is 5. The lowest BCUT2D eigenvalue weighted by atomic mass is 10.1. The van der Waals surface area contributed by atoms with Crippen LogP contribution >= 0.6 is 0 Å². The molecule has 0 amide bonds. The van der Waals surface area contributed by atoms with Crippen LogP contribution in [0, 0.1) is 13.8 Å². The lowest BCUT2D eigenvalue weighted by molar-refractivity contribution is 0.0513. The van der Waals surface area contributed by atoms with Crippen LogP contribution in [-0.4, -0.2) is 23.4 Å². The number of nitrogens with zero attached hydrogens (tertiary/aromatic N) is 2.